The van der Waals surface area contributed by atoms with Gasteiger partial charge in [-0.1, -0.05) is 30.3 Å². The van der Waals surface area contributed by atoms with E-state index in [1.165, 1.54) is 40.9 Å². The van der Waals surface area contributed by atoms with Crippen molar-refractivity contribution in [3.63, 3.8) is 0 Å². The van der Waals surface area contributed by atoms with Crippen LogP contribution in [0.3, 0.4) is 0 Å². The summed E-state index contributed by atoms with van der Waals surface area (Å²) in [6, 6.07) is 14.9. The molecule has 0 saturated carbocycles. The molecule has 2 aromatic carbocycles. The van der Waals surface area contributed by atoms with Gasteiger partial charge in [-0.3, -0.25) is 9.59 Å². The zero-order chi connectivity index (χ0) is 19.4. The third-order valence-electron chi connectivity index (χ3n) is 3.83. The van der Waals surface area contributed by atoms with Gasteiger partial charge in [0, 0.05) is 5.69 Å². The second-order valence-electron chi connectivity index (χ2n) is 5.78. The molecule has 0 aliphatic carbocycles. The number of nitrogens with one attached hydrogen (secondary N) is 1. The number of anilines is 1. The highest BCUT2D eigenvalue weighted by Crippen LogP contribution is 2.28. The van der Waals surface area contributed by atoms with E-state index >= 15 is 0 Å². The molecule has 3 rings (SSSR count). The first kappa shape index (κ1) is 19.2. The second kappa shape index (κ2) is 7.95. The SMILES string of the molecule is NS(=O)(=O)c1ccc(NC(=O)CN2C(=O)CSC=C2c2ccccc2)cc1. The summed E-state index contributed by atoms with van der Waals surface area (Å²) in [7, 11) is -3.79. The van der Waals surface area contributed by atoms with E-state index in [-0.39, 0.29) is 29.0 Å². The summed E-state index contributed by atoms with van der Waals surface area (Å²) < 4.78 is 22.5. The van der Waals surface area contributed by atoms with E-state index < -0.39 is 10.0 Å². The van der Waals surface area contributed by atoms with E-state index in [0.29, 0.717) is 11.4 Å². The molecule has 9 heteroatoms. The molecule has 0 spiro atoms. The molecule has 0 fully saturated rings. The fraction of sp³-hybridized carbons (Fsp3) is 0.111. The van der Waals surface area contributed by atoms with Crippen LogP contribution in [0.15, 0.2) is 64.9 Å². The Morgan fingerprint density at radius 2 is 1.78 bits per heavy atom. The molecule has 0 bridgehead atoms. The Bertz CT molecular complexity index is 987. The summed E-state index contributed by atoms with van der Waals surface area (Å²) in [5, 5.41) is 9.57. The molecule has 0 aromatic heterocycles. The van der Waals surface area contributed by atoms with Gasteiger partial charge in [0.05, 0.1) is 16.3 Å². The first-order valence-electron chi connectivity index (χ1n) is 7.95. The zero-order valence-corrected chi connectivity index (χ0v) is 15.8. The number of sulfonamides is 1. The van der Waals surface area contributed by atoms with Crippen LogP contribution in [0.2, 0.25) is 0 Å². The van der Waals surface area contributed by atoms with Gasteiger partial charge in [0.2, 0.25) is 21.8 Å². The normalized spacial score (nSPS) is 14.6. The highest BCUT2D eigenvalue weighted by Gasteiger charge is 2.25. The fourth-order valence-corrected chi connectivity index (χ4v) is 3.86. The summed E-state index contributed by atoms with van der Waals surface area (Å²) >= 11 is 1.39. The molecule has 27 heavy (non-hydrogen) atoms. The first-order chi connectivity index (χ1) is 12.8. The van der Waals surface area contributed by atoms with E-state index in [1.54, 1.807) is 0 Å². The maximum Gasteiger partial charge on any atom is 0.244 e. The smallest absolute Gasteiger partial charge is 0.244 e. The summed E-state index contributed by atoms with van der Waals surface area (Å²) in [6.45, 7) is -0.142. The van der Waals surface area contributed by atoms with Gasteiger partial charge in [-0.15, -0.1) is 11.8 Å². The molecule has 3 N–H and O–H groups in total. The molecule has 1 aliphatic rings. The average molecular weight is 403 g/mol. The molecular formula is C18H17N3O4S2. The van der Waals surface area contributed by atoms with Crippen LogP contribution in [-0.4, -0.2) is 37.4 Å². The Morgan fingerprint density at radius 1 is 1.11 bits per heavy atom. The Hall–Kier alpha value is -2.62. The fourth-order valence-electron chi connectivity index (χ4n) is 2.55. The number of amides is 2. The van der Waals surface area contributed by atoms with Crippen molar-refractivity contribution in [1.82, 2.24) is 4.90 Å². The number of hydrogen-bond donors (Lipinski definition) is 2. The molecule has 7 nitrogen and oxygen atoms in total. The molecule has 0 saturated heterocycles. The number of nitrogens with zero attached hydrogens (tertiary/aromatic N) is 1. The lowest BCUT2D eigenvalue weighted by Crippen LogP contribution is -2.39. The third kappa shape index (κ3) is 4.76. The molecule has 0 unspecified atom stereocenters. The number of hydrogen-bond acceptors (Lipinski definition) is 5. The van der Waals surface area contributed by atoms with Crippen LogP contribution in [0.5, 0.6) is 0 Å². The van der Waals surface area contributed by atoms with E-state index in [2.05, 4.69) is 5.32 Å². The number of carbonyl (C=O) groups is 2. The minimum atomic E-state index is -3.79. The predicted molar refractivity (Wildman–Crippen MR) is 105 cm³/mol. The second-order valence-corrected chi connectivity index (χ2v) is 8.20. The van der Waals surface area contributed by atoms with Gasteiger partial charge >= 0.3 is 0 Å². The van der Waals surface area contributed by atoms with Crippen molar-refractivity contribution in [3.05, 3.63) is 65.6 Å². The van der Waals surface area contributed by atoms with E-state index in [4.69, 9.17) is 5.14 Å². The minimum Gasteiger partial charge on any atom is -0.325 e. The van der Waals surface area contributed by atoms with Crippen LogP contribution in [0.25, 0.3) is 5.70 Å². The Balaban J connectivity index is 1.73. The van der Waals surface area contributed by atoms with Crippen LogP contribution in [0.1, 0.15) is 5.56 Å². The largest absolute Gasteiger partial charge is 0.325 e. The van der Waals surface area contributed by atoms with Gasteiger partial charge in [0.1, 0.15) is 6.54 Å². The standard InChI is InChI=1S/C18H17N3O4S2/c19-27(24,25)15-8-6-14(7-9-15)20-17(22)10-21-16(11-26-12-18(21)23)13-4-2-1-3-5-13/h1-9,11H,10,12H2,(H,20,22)(H2,19,24,25). The number of thioether (sulfide) groups is 1. The third-order valence-corrected chi connectivity index (χ3v) is 5.56. The van der Waals surface area contributed by atoms with Gasteiger partial charge in [0.25, 0.3) is 0 Å². The highest BCUT2D eigenvalue weighted by atomic mass is 32.2. The van der Waals surface area contributed by atoms with Gasteiger partial charge in [-0.05, 0) is 35.2 Å². The molecular weight excluding hydrogens is 386 g/mol. The van der Waals surface area contributed by atoms with Crippen molar-refractivity contribution >= 4 is 45.0 Å². The lowest BCUT2D eigenvalue weighted by atomic mass is 10.1. The van der Waals surface area contributed by atoms with Gasteiger partial charge in [-0.2, -0.15) is 0 Å². The highest BCUT2D eigenvalue weighted by molar-refractivity contribution is 8.03. The van der Waals surface area contributed by atoms with Crippen LogP contribution in [-0.2, 0) is 19.6 Å². The van der Waals surface area contributed by atoms with Crippen molar-refractivity contribution in [3.8, 4) is 0 Å². The van der Waals surface area contributed by atoms with Gasteiger partial charge in [0.15, 0.2) is 0 Å². The summed E-state index contributed by atoms with van der Waals surface area (Å²) in [5.74, 6) is -0.270. The van der Waals surface area contributed by atoms with Crippen molar-refractivity contribution < 1.29 is 18.0 Å². The van der Waals surface area contributed by atoms with Crippen molar-refractivity contribution in [2.24, 2.45) is 5.14 Å². The van der Waals surface area contributed by atoms with Crippen molar-refractivity contribution in [1.29, 1.82) is 0 Å². The van der Waals surface area contributed by atoms with E-state index in [9.17, 15) is 18.0 Å². The van der Waals surface area contributed by atoms with Crippen LogP contribution in [0.4, 0.5) is 5.69 Å². The summed E-state index contributed by atoms with van der Waals surface area (Å²) in [6.07, 6.45) is 0. The van der Waals surface area contributed by atoms with E-state index in [0.717, 1.165) is 5.56 Å². The number of rotatable bonds is 5. The average Bonchev–Trinajstić information content (AvgIpc) is 2.64. The van der Waals surface area contributed by atoms with Crippen molar-refractivity contribution in [2.75, 3.05) is 17.6 Å². The lowest BCUT2D eigenvalue weighted by molar-refractivity contribution is -0.129. The number of nitrogens with two attached hydrogens (primary N) is 1. The summed E-state index contributed by atoms with van der Waals surface area (Å²) in [4.78, 5) is 26.1. The maximum atomic E-state index is 12.4. The molecule has 140 valence electrons. The molecule has 0 radical (unpaired) electrons. The molecule has 1 aliphatic heterocycles. The topological polar surface area (TPSA) is 110 Å². The molecule has 0 atom stereocenters. The zero-order valence-electron chi connectivity index (χ0n) is 14.2. The molecule has 2 amide bonds. The Kier molecular flexibility index (Phi) is 5.64. The monoisotopic (exact) mass is 403 g/mol. The number of benzene rings is 2. The quantitative estimate of drug-likeness (QED) is 0.792. The van der Waals surface area contributed by atoms with E-state index in [1.807, 2.05) is 35.7 Å². The van der Waals surface area contributed by atoms with Gasteiger partial charge in [-0.25, -0.2) is 13.6 Å². The van der Waals surface area contributed by atoms with Crippen LogP contribution in [0, 0.1) is 0 Å². The first-order valence-corrected chi connectivity index (χ1v) is 10.5. The lowest BCUT2D eigenvalue weighted by Gasteiger charge is -2.28. The predicted octanol–water partition coefficient (Wildman–Crippen LogP) is 1.85. The molecule has 1 heterocycles. The Labute approximate surface area is 161 Å². The van der Waals surface area contributed by atoms with Crippen LogP contribution >= 0.6 is 11.8 Å². The number of primary sulfonamides is 1. The molecule has 2 aromatic rings. The van der Waals surface area contributed by atoms with Crippen molar-refractivity contribution in [2.45, 2.75) is 4.90 Å². The van der Waals surface area contributed by atoms with Crippen LogP contribution < -0.4 is 10.5 Å². The summed E-state index contributed by atoms with van der Waals surface area (Å²) in [5.41, 5.74) is 1.94. The minimum absolute atomic E-state index is 0.0435. The Morgan fingerprint density at radius 3 is 2.41 bits per heavy atom. The number of carbonyl (C=O) groups excluding carboxylic acids is 2. The maximum absolute atomic E-state index is 12.4. The van der Waals surface area contributed by atoms with Gasteiger partial charge < -0.3 is 10.2 Å².